The predicted octanol–water partition coefficient (Wildman–Crippen LogP) is 1.39. The first-order chi connectivity index (χ1) is 12.0. The molecule has 0 unspecified atom stereocenters. The zero-order chi connectivity index (χ0) is 17.8. The molecule has 0 radical (unpaired) electrons. The minimum Gasteiger partial charge on any atom is -0.324 e. The SMILES string of the molecule is C[C@H](N)C(=O)Nc1ccc(NC(=N[C@H]2C[C@@H]3CC[C@H]2C3)NC#N)cn1. The topological polar surface area (TPSA) is 128 Å². The highest BCUT2D eigenvalue weighted by molar-refractivity contribution is 5.95. The first kappa shape index (κ1) is 17.2. The van der Waals surface area contributed by atoms with Gasteiger partial charge in [0.1, 0.15) is 5.82 Å². The Balaban J connectivity index is 1.64. The number of anilines is 2. The van der Waals surface area contributed by atoms with E-state index in [0.717, 1.165) is 12.3 Å². The van der Waals surface area contributed by atoms with E-state index in [1.54, 1.807) is 25.3 Å². The molecule has 0 aromatic carbocycles. The van der Waals surface area contributed by atoms with E-state index < -0.39 is 6.04 Å². The molecule has 2 fully saturated rings. The van der Waals surface area contributed by atoms with Gasteiger partial charge in [0.15, 0.2) is 6.19 Å². The molecule has 2 bridgehead atoms. The minimum atomic E-state index is -0.597. The van der Waals surface area contributed by atoms with Crippen molar-refractivity contribution < 1.29 is 4.79 Å². The van der Waals surface area contributed by atoms with Crippen molar-refractivity contribution in [2.75, 3.05) is 10.6 Å². The second-order valence-electron chi connectivity index (χ2n) is 6.79. The summed E-state index contributed by atoms with van der Waals surface area (Å²) < 4.78 is 0. The number of fused-ring (bicyclic) bond motifs is 2. The van der Waals surface area contributed by atoms with Gasteiger partial charge in [-0.3, -0.25) is 10.1 Å². The normalized spacial score (nSPS) is 26.0. The Bertz CT molecular complexity index is 692. The van der Waals surface area contributed by atoms with Crippen LogP contribution in [-0.4, -0.2) is 28.9 Å². The highest BCUT2D eigenvalue weighted by atomic mass is 16.2. The largest absolute Gasteiger partial charge is 0.324 e. The predicted molar refractivity (Wildman–Crippen MR) is 95.6 cm³/mol. The van der Waals surface area contributed by atoms with Crippen LogP contribution in [0.2, 0.25) is 0 Å². The quantitative estimate of drug-likeness (QED) is 0.283. The van der Waals surface area contributed by atoms with E-state index in [9.17, 15) is 4.79 Å². The summed E-state index contributed by atoms with van der Waals surface area (Å²) in [5, 5.41) is 17.3. The van der Waals surface area contributed by atoms with Crippen molar-refractivity contribution in [3.63, 3.8) is 0 Å². The van der Waals surface area contributed by atoms with Crippen molar-refractivity contribution in [1.82, 2.24) is 10.3 Å². The van der Waals surface area contributed by atoms with E-state index in [2.05, 4.69) is 20.9 Å². The van der Waals surface area contributed by atoms with Gasteiger partial charge in [-0.15, -0.1) is 0 Å². The Labute approximate surface area is 146 Å². The minimum absolute atomic E-state index is 0.277. The number of guanidine groups is 1. The fraction of sp³-hybridized carbons (Fsp3) is 0.529. The Hall–Kier alpha value is -2.66. The monoisotopic (exact) mass is 341 g/mol. The standard InChI is InChI=1S/C17H23N7O/c1-10(19)16(25)24-15-5-4-13(8-20-15)22-17(21-9-18)23-14-7-11-2-3-12(14)6-11/h4-5,8,10-12,14H,2-3,6-7,19H2,1H3,(H,20,24,25)(H2,21,22,23)/t10-,11+,12-,14-/m0/s1. The molecule has 5 N–H and O–H groups in total. The maximum absolute atomic E-state index is 11.6. The Morgan fingerprint density at radius 1 is 1.40 bits per heavy atom. The van der Waals surface area contributed by atoms with Gasteiger partial charge in [-0.25, -0.2) is 9.98 Å². The van der Waals surface area contributed by atoms with Crippen molar-refractivity contribution >= 4 is 23.4 Å². The Kier molecular flexibility index (Phi) is 5.14. The first-order valence-corrected chi connectivity index (χ1v) is 8.57. The van der Waals surface area contributed by atoms with Crippen LogP contribution < -0.4 is 21.7 Å². The molecule has 0 saturated heterocycles. The van der Waals surface area contributed by atoms with E-state index in [1.165, 1.54) is 19.3 Å². The zero-order valence-electron chi connectivity index (χ0n) is 14.2. The molecule has 2 aliphatic rings. The van der Waals surface area contributed by atoms with Crippen LogP contribution in [0.5, 0.6) is 0 Å². The second kappa shape index (κ2) is 7.49. The molecule has 2 aliphatic carbocycles. The highest BCUT2D eigenvalue weighted by Crippen LogP contribution is 2.45. The molecule has 8 heteroatoms. The van der Waals surface area contributed by atoms with Crippen LogP contribution >= 0.6 is 0 Å². The summed E-state index contributed by atoms with van der Waals surface area (Å²) in [7, 11) is 0. The number of nitrogens with two attached hydrogens (primary N) is 1. The fourth-order valence-corrected chi connectivity index (χ4v) is 3.60. The molecule has 0 aliphatic heterocycles. The van der Waals surface area contributed by atoms with Gasteiger partial charge in [0.2, 0.25) is 11.9 Å². The summed E-state index contributed by atoms with van der Waals surface area (Å²) in [6, 6.07) is 3.11. The molecule has 25 heavy (non-hydrogen) atoms. The lowest BCUT2D eigenvalue weighted by Gasteiger charge is -2.19. The third-order valence-electron chi connectivity index (χ3n) is 4.86. The van der Waals surface area contributed by atoms with Gasteiger partial charge < -0.3 is 16.4 Å². The van der Waals surface area contributed by atoms with Gasteiger partial charge in [-0.2, -0.15) is 5.26 Å². The van der Waals surface area contributed by atoms with E-state index in [4.69, 9.17) is 16.0 Å². The molecule has 4 atom stereocenters. The van der Waals surface area contributed by atoms with Gasteiger partial charge in [0.05, 0.1) is 24.0 Å². The molecule has 1 amide bonds. The van der Waals surface area contributed by atoms with Gasteiger partial charge in [-0.05, 0) is 50.2 Å². The summed E-state index contributed by atoms with van der Waals surface area (Å²) in [5.74, 6) is 1.99. The second-order valence-corrected chi connectivity index (χ2v) is 6.79. The number of nitrogens with zero attached hydrogens (tertiary/aromatic N) is 3. The molecule has 0 spiro atoms. The van der Waals surface area contributed by atoms with Crippen molar-refractivity contribution in [2.45, 2.75) is 44.7 Å². The molecule has 1 aromatic rings. The lowest BCUT2D eigenvalue weighted by atomic mass is 9.96. The van der Waals surface area contributed by atoms with Gasteiger partial charge >= 0.3 is 0 Å². The molecule has 132 valence electrons. The van der Waals surface area contributed by atoms with Crippen LogP contribution in [-0.2, 0) is 4.79 Å². The van der Waals surface area contributed by atoms with Crippen LogP contribution in [0.15, 0.2) is 23.3 Å². The molecular formula is C17H23N7O. The van der Waals surface area contributed by atoms with Crippen molar-refractivity contribution in [1.29, 1.82) is 5.26 Å². The lowest BCUT2D eigenvalue weighted by Crippen LogP contribution is -2.32. The number of nitriles is 1. The van der Waals surface area contributed by atoms with E-state index in [1.807, 2.05) is 6.19 Å². The lowest BCUT2D eigenvalue weighted by molar-refractivity contribution is -0.117. The third-order valence-corrected chi connectivity index (χ3v) is 4.86. The van der Waals surface area contributed by atoms with E-state index in [-0.39, 0.29) is 11.9 Å². The number of hydrogen-bond donors (Lipinski definition) is 4. The first-order valence-electron chi connectivity index (χ1n) is 8.57. The number of rotatable bonds is 4. The molecule has 1 aromatic heterocycles. The summed E-state index contributed by atoms with van der Waals surface area (Å²) in [5.41, 5.74) is 6.19. The number of amides is 1. The number of hydrogen-bond acceptors (Lipinski definition) is 5. The number of pyridine rings is 1. The number of aliphatic imine (C=N–C) groups is 1. The number of nitrogens with one attached hydrogen (secondary N) is 3. The van der Waals surface area contributed by atoms with Crippen molar-refractivity contribution in [3.8, 4) is 6.19 Å². The van der Waals surface area contributed by atoms with E-state index >= 15 is 0 Å². The summed E-state index contributed by atoms with van der Waals surface area (Å²) >= 11 is 0. The van der Waals surface area contributed by atoms with Crippen LogP contribution in [0.25, 0.3) is 0 Å². The summed E-state index contributed by atoms with van der Waals surface area (Å²) in [6.45, 7) is 1.61. The number of carbonyl (C=O) groups excluding carboxylic acids is 1. The smallest absolute Gasteiger partial charge is 0.242 e. The van der Waals surface area contributed by atoms with Crippen LogP contribution in [0.1, 0.15) is 32.6 Å². The maximum Gasteiger partial charge on any atom is 0.242 e. The zero-order valence-corrected chi connectivity index (χ0v) is 14.2. The van der Waals surface area contributed by atoms with Crippen molar-refractivity contribution in [3.05, 3.63) is 18.3 Å². The highest BCUT2D eigenvalue weighted by Gasteiger charge is 2.39. The molecule has 8 nitrogen and oxygen atoms in total. The fourth-order valence-electron chi connectivity index (χ4n) is 3.60. The maximum atomic E-state index is 11.6. The molecule has 2 saturated carbocycles. The molecule has 1 heterocycles. The Morgan fingerprint density at radius 2 is 2.24 bits per heavy atom. The Morgan fingerprint density at radius 3 is 2.80 bits per heavy atom. The average Bonchev–Trinajstić information content (AvgIpc) is 3.19. The summed E-state index contributed by atoms with van der Waals surface area (Å²) in [4.78, 5) is 20.4. The van der Waals surface area contributed by atoms with Gasteiger partial charge in [0, 0.05) is 0 Å². The van der Waals surface area contributed by atoms with Crippen LogP contribution in [0.4, 0.5) is 11.5 Å². The average molecular weight is 341 g/mol. The van der Waals surface area contributed by atoms with Crippen molar-refractivity contribution in [2.24, 2.45) is 22.6 Å². The summed E-state index contributed by atoms with van der Waals surface area (Å²) in [6.07, 6.45) is 8.39. The third kappa shape index (κ3) is 4.25. The molecular weight excluding hydrogens is 318 g/mol. The van der Waals surface area contributed by atoms with Crippen LogP contribution in [0.3, 0.4) is 0 Å². The van der Waals surface area contributed by atoms with Gasteiger partial charge in [-0.1, -0.05) is 6.42 Å². The van der Waals surface area contributed by atoms with Crippen LogP contribution in [0, 0.1) is 23.3 Å². The van der Waals surface area contributed by atoms with Gasteiger partial charge in [0.25, 0.3) is 0 Å². The van der Waals surface area contributed by atoms with E-state index in [0.29, 0.717) is 23.4 Å². The number of aromatic nitrogens is 1. The number of carbonyl (C=O) groups is 1. The molecule has 3 rings (SSSR count).